The van der Waals surface area contributed by atoms with E-state index in [1.807, 2.05) is 0 Å². The Morgan fingerprint density at radius 3 is 2.78 bits per heavy atom. The van der Waals surface area contributed by atoms with E-state index < -0.39 is 37.1 Å². The number of primary amides is 1. The molecule has 3 rings (SSSR count). The van der Waals surface area contributed by atoms with Gasteiger partial charge in [0.1, 0.15) is 30.3 Å². The first kappa shape index (κ1) is 16.1. The summed E-state index contributed by atoms with van der Waals surface area (Å²) in [7, 11) is 0. The fourth-order valence-electron chi connectivity index (χ4n) is 2.66. The number of nitrogens with zero attached hydrogens (tertiary/aromatic N) is 2. The molecular weight excluding hydrogens is 374 g/mol. The highest BCUT2D eigenvalue weighted by Crippen LogP contribution is 2.32. The van der Waals surface area contributed by atoms with E-state index in [0.717, 1.165) is 0 Å². The molecule has 23 heavy (non-hydrogen) atoms. The lowest BCUT2D eigenvalue weighted by atomic mass is 10.1. The summed E-state index contributed by atoms with van der Waals surface area (Å²) in [6.45, 7) is -0.469. The van der Waals surface area contributed by atoms with Gasteiger partial charge in [0.05, 0.1) is 22.2 Å². The highest BCUT2D eigenvalue weighted by atomic mass is 79.9. The fraction of sp³-hybridized carbons (Fsp3) is 0.417. The molecule has 1 aliphatic heterocycles. The maximum absolute atomic E-state index is 11.6. The zero-order valence-electron chi connectivity index (χ0n) is 11.6. The molecule has 0 saturated carbocycles. The summed E-state index contributed by atoms with van der Waals surface area (Å²) in [6, 6.07) is 0. The number of rotatable bonds is 3. The highest BCUT2D eigenvalue weighted by Gasteiger charge is 2.43. The number of aromatic amines is 1. The van der Waals surface area contributed by atoms with E-state index in [9.17, 15) is 15.0 Å². The third-order valence-electron chi connectivity index (χ3n) is 3.78. The van der Waals surface area contributed by atoms with Gasteiger partial charge in [-0.1, -0.05) is 0 Å². The second-order valence-electron chi connectivity index (χ2n) is 5.13. The molecule has 0 radical (unpaired) electrons. The van der Waals surface area contributed by atoms with Gasteiger partial charge in [0.25, 0.3) is 5.91 Å². The molecule has 11 heteroatoms. The van der Waals surface area contributed by atoms with Crippen molar-refractivity contribution in [2.75, 3.05) is 6.61 Å². The van der Waals surface area contributed by atoms with Crippen LogP contribution < -0.4 is 11.2 Å². The average molecular weight is 388 g/mol. The normalized spacial score (nSPS) is 27.7. The van der Waals surface area contributed by atoms with Crippen LogP contribution in [-0.2, 0) is 4.74 Å². The first-order valence-electron chi connectivity index (χ1n) is 6.62. The second-order valence-corrected chi connectivity index (χ2v) is 5.92. The quantitative estimate of drug-likeness (QED) is 0.367. The van der Waals surface area contributed by atoms with E-state index in [-0.39, 0.29) is 26.7 Å². The van der Waals surface area contributed by atoms with Crippen LogP contribution in [0.15, 0.2) is 10.9 Å². The zero-order valence-corrected chi connectivity index (χ0v) is 13.2. The lowest BCUT2D eigenvalue weighted by Gasteiger charge is -2.19. The van der Waals surface area contributed by atoms with Crippen molar-refractivity contribution >= 4 is 32.9 Å². The van der Waals surface area contributed by atoms with Gasteiger partial charge in [0.15, 0.2) is 11.7 Å². The van der Waals surface area contributed by atoms with Crippen LogP contribution in [0.3, 0.4) is 0 Å². The van der Waals surface area contributed by atoms with Gasteiger partial charge in [-0.15, -0.1) is 0 Å². The van der Waals surface area contributed by atoms with Crippen molar-refractivity contribution in [3.05, 3.63) is 22.0 Å². The largest absolute Gasteiger partial charge is 0.394 e. The summed E-state index contributed by atoms with van der Waals surface area (Å²) in [5.74, 6) is -0.752. The number of halogens is 1. The topological polar surface area (TPSA) is 170 Å². The molecule has 2 aromatic rings. The maximum Gasteiger partial charge on any atom is 0.252 e. The highest BCUT2D eigenvalue weighted by molar-refractivity contribution is 9.10. The molecule has 0 aliphatic carbocycles. The Bertz CT molecular complexity index is 833. The molecule has 1 aliphatic rings. The number of fused-ring (bicyclic) bond motifs is 1. The second kappa shape index (κ2) is 5.69. The molecule has 1 saturated heterocycles. The fourth-order valence-corrected chi connectivity index (χ4v) is 3.24. The van der Waals surface area contributed by atoms with Crippen molar-refractivity contribution in [1.82, 2.24) is 14.5 Å². The first-order chi connectivity index (χ1) is 10.9. The van der Waals surface area contributed by atoms with E-state index in [1.54, 1.807) is 0 Å². The van der Waals surface area contributed by atoms with E-state index in [1.165, 1.54) is 10.9 Å². The lowest BCUT2D eigenvalue weighted by molar-refractivity contribution is -0.0515. The summed E-state index contributed by atoms with van der Waals surface area (Å²) in [5.41, 5.74) is 5.46. The molecule has 1 fully saturated rings. The molecule has 7 N–H and O–H groups in total. The van der Waals surface area contributed by atoms with Crippen LogP contribution in [0.1, 0.15) is 16.6 Å². The number of nitrogens with one attached hydrogen (secondary N) is 2. The van der Waals surface area contributed by atoms with Gasteiger partial charge in [-0.3, -0.25) is 14.8 Å². The number of hydrogen-bond donors (Lipinski definition) is 6. The Morgan fingerprint density at radius 1 is 1.52 bits per heavy atom. The smallest absolute Gasteiger partial charge is 0.252 e. The third kappa shape index (κ3) is 2.37. The molecule has 2 aromatic heterocycles. The van der Waals surface area contributed by atoms with E-state index in [4.69, 9.17) is 21.0 Å². The number of H-pyrrole nitrogens is 1. The summed E-state index contributed by atoms with van der Waals surface area (Å²) in [4.78, 5) is 18.3. The molecule has 0 bridgehead atoms. The molecule has 124 valence electrons. The van der Waals surface area contributed by atoms with E-state index >= 15 is 0 Å². The molecule has 1 amide bonds. The van der Waals surface area contributed by atoms with Crippen molar-refractivity contribution in [1.29, 1.82) is 5.41 Å². The Hall–Kier alpha value is -1.79. The van der Waals surface area contributed by atoms with Crippen LogP contribution in [0.4, 0.5) is 0 Å². The van der Waals surface area contributed by atoms with Crippen LogP contribution in [0.25, 0.3) is 11.0 Å². The number of aromatic nitrogens is 3. The van der Waals surface area contributed by atoms with Crippen LogP contribution in [-0.4, -0.2) is 60.7 Å². The molecule has 10 nitrogen and oxygen atoms in total. The summed E-state index contributed by atoms with van der Waals surface area (Å²) in [6.07, 6.45) is -3.38. The molecular formula is C12H14BrN5O5. The molecule has 4 atom stereocenters. The van der Waals surface area contributed by atoms with E-state index in [2.05, 4.69) is 25.9 Å². The number of nitrogens with two attached hydrogens (primary N) is 1. The maximum atomic E-state index is 11.6. The standard InChI is InChI=1S/C12H14BrN5O5/c13-8-4(10(15)22)5-9(14)16-2-18(11(5)17-8)12-7(21)6(20)3(1-19)23-12/h2-3,6-7,12,14,17,19-21H,1H2,(H2,15,22)/t3-,6?,7+,12-/m0/s1. The van der Waals surface area contributed by atoms with Gasteiger partial charge in [-0.05, 0) is 15.9 Å². The number of aliphatic hydroxyl groups is 3. The van der Waals surface area contributed by atoms with Crippen molar-refractivity contribution in [3.8, 4) is 0 Å². The minimum absolute atomic E-state index is 0.0543. The van der Waals surface area contributed by atoms with Gasteiger partial charge in [0.2, 0.25) is 0 Å². The SMILES string of the molecule is N=c1ncn([C@H]2O[C@@H](CO)C(O)[C@H]2O)c2[nH]c(Br)c(C(N)=O)c12. The lowest BCUT2D eigenvalue weighted by Crippen LogP contribution is -2.33. The van der Waals surface area contributed by atoms with E-state index in [0.29, 0.717) is 0 Å². The molecule has 1 unspecified atom stereocenters. The summed E-state index contributed by atoms with van der Waals surface area (Å²) < 4.78 is 7.05. The van der Waals surface area contributed by atoms with Crippen LogP contribution in [0, 0.1) is 5.41 Å². The number of aliphatic hydroxyl groups excluding tert-OH is 3. The Kier molecular flexibility index (Phi) is 3.98. The predicted molar refractivity (Wildman–Crippen MR) is 79.2 cm³/mol. The molecule has 3 heterocycles. The third-order valence-corrected chi connectivity index (χ3v) is 4.37. The van der Waals surface area contributed by atoms with Crippen molar-refractivity contribution in [2.45, 2.75) is 24.5 Å². The van der Waals surface area contributed by atoms with Crippen molar-refractivity contribution in [2.24, 2.45) is 5.73 Å². The number of hydrogen-bond acceptors (Lipinski definition) is 7. The van der Waals surface area contributed by atoms with Gasteiger partial charge < -0.3 is 30.8 Å². The van der Waals surface area contributed by atoms with Gasteiger partial charge in [-0.25, -0.2) is 4.98 Å². The Labute approximate surface area is 137 Å². The van der Waals surface area contributed by atoms with Crippen molar-refractivity contribution < 1.29 is 24.9 Å². The Morgan fingerprint density at radius 2 is 2.22 bits per heavy atom. The minimum atomic E-state index is -1.32. The number of carbonyl (C=O) groups is 1. The van der Waals surface area contributed by atoms with Crippen LogP contribution in [0.2, 0.25) is 0 Å². The zero-order chi connectivity index (χ0) is 16.9. The van der Waals surface area contributed by atoms with Gasteiger partial charge in [0, 0.05) is 0 Å². The number of carbonyl (C=O) groups excluding carboxylic acids is 1. The van der Waals surface area contributed by atoms with Gasteiger partial charge in [-0.2, -0.15) is 0 Å². The minimum Gasteiger partial charge on any atom is -0.394 e. The Balaban J connectivity index is 2.21. The molecule has 0 aromatic carbocycles. The predicted octanol–water partition coefficient (Wildman–Crippen LogP) is -1.68. The van der Waals surface area contributed by atoms with Crippen LogP contribution in [0.5, 0.6) is 0 Å². The summed E-state index contributed by atoms with van der Waals surface area (Å²) >= 11 is 3.17. The van der Waals surface area contributed by atoms with Crippen LogP contribution >= 0.6 is 15.9 Å². The first-order valence-corrected chi connectivity index (χ1v) is 7.41. The monoisotopic (exact) mass is 387 g/mol. The molecule has 0 spiro atoms. The number of ether oxygens (including phenoxy) is 1. The number of amides is 1. The van der Waals surface area contributed by atoms with Crippen molar-refractivity contribution in [3.63, 3.8) is 0 Å². The van der Waals surface area contributed by atoms with Gasteiger partial charge >= 0.3 is 0 Å². The average Bonchev–Trinajstić information content (AvgIpc) is 2.99. The summed E-state index contributed by atoms with van der Waals surface area (Å²) in [5, 5.41) is 37.2.